The summed E-state index contributed by atoms with van der Waals surface area (Å²) < 4.78 is 7.15. The highest BCUT2D eigenvalue weighted by atomic mass is 16.5. The summed E-state index contributed by atoms with van der Waals surface area (Å²) in [4.78, 5) is 5.12. The van der Waals surface area contributed by atoms with Crippen LogP contribution in [-0.2, 0) is 16.2 Å². The summed E-state index contributed by atoms with van der Waals surface area (Å²) in [7, 11) is 0. The first kappa shape index (κ1) is 46.9. The van der Waals surface area contributed by atoms with Gasteiger partial charge in [-0.3, -0.25) is 0 Å². The number of nitrogens with zero attached hydrogens (tertiary/aromatic N) is 2. The van der Waals surface area contributed by atoms with Crippen molar-refractivity contribution >= 4 is 34.1 Å². The first-order valence-electron chi connectivity index (χ1n) is 28.8. The zero-order valence-corrected chi connectivity index (χ0v) is 46.2. The number of hydrogen-bond acceptors (Lipinski definition) is 3. The van der Waals surface area contributed by atoms with Gasteiger partial charge in [-0.15, -0.1) is 0 Å². The van der Waals surface area contributed by atoms with Gasteiger partial charge in [0.1, 0.15) is 11.5 Å². The average molecular weight is 1050 g/mol. The van der Waals surface area contributed by atoms with E-state index >= 15 is 0 Å². The number of fused-ring (bicyclic) bond motifs is 17. The number of benzene rings is 12. The van der Waals surface area contributed by atoms with Crippen molar-refractivity contribution in [3.8, 4) is 78.3 Å². The largest absolute Gasteiger partial charge is 0.457 e. The molecule has 5 aliphatic rings. The summed E-state index contributed by atoms with van der Waals surface area (Å²) in [5.74, 6) is 1.71. The second-order valence-corrected chi connectivity index (χ2v) is 23.8. The van der Waals surface area contributed by atoms with Gasteiger partial charge in [-0.25, -0.2) is 0 Å². The summed E-state index contributed by atoms with van der Waals surface area (Å²) in [6.45, 7) is 9.62. The van der Waals surface area contributed by atoms with E-state index in [2.05, 4.69) is 304 Å². The van der Waals surface area contributed by atoms with E-state index < -0.39 is 5.41 Å². The van der Waals surface area contributed by atoms with Crippen LogP contribution in [0.1, 0.15) is 72.2 Å². The highest BCUT2D eigenvalue weighted by Gasteiger charge is 2.54. The van der Waals surface area contributed by atoms with Crippen LogP contribution in [0, 0.1) is 0 Å². The first-order valence-corrected chi connectivity index (χ1v) is 28.8. The number of para-hydroxylation sites is 4. The monoisotopic (exact) mass is 1050 g/mol. The Morgan fingerprint density at radius 2 is 0.585 bits per heavy atom. The molecule has 0 amide bonds. The molecule has 1 spiro atoms. The summed E-state index contributed by atoms with van der Waals surface area (Å²) in [5.41, 5.74) is 30.2. The SMILES string of the molecule is CC1(C)c2ccccc2-c2cccc(N(c3ccccc3)c3cc4c5c(c3)C3(c6ccccc6Oc6ccccc63)c3cc(N(c6ccccc6)c6cccc7c6C(C)(C)c6ccccc6-7)cc(c3-5)-c3ccccc3-c3ccccc3-4)c21. The first-order chi connectivity index (χ1) is 40.2. The van der Waals surface area contributed by atoms with Crippen molar-refractivity contribution in [2.75, 3.05) is 9.80 Å². The van der Waals surface area contributed by atoms with Gasteiger partial charge in [0.2, 0.25) is 0 Å². The van der Waals surface area contributed by atoms with Gasteiger partial charge in [-0.2, -0.15) is 0 Å². The van der Waals surface area contributed by atoms with Crippen LogP contribution < -0.4 is 14.5 Å². The van der Waals surface area contributed by atoms with Gasteiger partial charge in [0.15, 0.2) is 0 Å². The smallest absolute Gasteiger partial charge is 0.132 e. The maximum Gasteiger partial charge on any atom is 0.132 e. The van der Waals surface area contributed by atoms with Gasteiger partial charge >= 0.3 is 0 Å². The van der Waals surface area contributed by atoms with Crippen LogP contribution in [0.5, 0.6) is 11.5 Å². The third-order valence-electron chi connectivity index (χ3n) is 19.0. The molecule has 1 aliphatic heterocycles. The molecule has 0 fully saturated rings. The van der Waals surface area contributed by atoms with Gasteiger partial charge in [0.25, 0.3) is 0 Å². The summed E-state index contributed by atoms with van der Waals surface area (Å²) in [6, 6.07) is 100. The number of ether oxygens (including phenoxy) is 1. The highest BCUT2D eigenvalue weighted by Crippen LogP contribution is 2.68. The van der Waals surface area contributed by atoms with Crippen molar-refractivity contribution in [2.24, 2.45) is 0 Å². The predicted molar refractivity (Wildman–Crippen MR) is 338 cm³/mol. The molecule has 0 bridgehead atoms. The van der Waals surface area contributed by atoms with E-state index in [0.29, 0.717) is 0 Å². The van der Waals surface area contributed by atoms with Crippen molar-refractivity contribution in [2.45, 2.75) is 43.9 Å². The van der Waals surface area contributed by atoms with Gasteiger partial charge in [0, 0.05) is 44.7 Å². The summed E-state index contributed by atoms with van der Waals surface area (Å²) in [6.07, 6.45) is 0. The Hall–Kier alpha value is -9.96. The molecule has 1 heterocycles. The third kappa shape index (κ3) is 6.20. The van der Waals surface area contributed by atoms with Gasteiger partial charge in [-0.1, -0.05) is 222 Å². The van der Waals surface area contributed by atoms with Crippen molar-refractivity contribution in [3.05, 3.63) is 311 Å². The minimum atomic E-state index is -0.868. The molecule has 0 radical (unpaired) electrons. The second-order valence-electron chi connectivity index (χ2n) is 23.8. The fourth-order valence-corrected chi connectivity index (χ4v) is 15.7. The average Bonchev–Trinajstić information content (AvgIpc) is 1.70. The molecule has 0 unspecified atom stereocenters. The molecular formula is C79H56N2O. The minimum Gasteiger partial charge on any atom is -0.457 e. The molecule has 12 aromatic rings. The Morgan fingerprint density at radius 3 is 1.00 bits per heavy atom. The van der Waals surface area contributed by atoms with Gasteiger partial charge in [0.05, 0.1) is 16.8 Å². The summed E-state index contributed by atoms with van der Waals surface area (Å²) in [5, 5.41) is 0. The second kappa shape index (κ2) is 17.0. The minimum absolute atomic E-state index is 0.283. The molecular weight excluding hydrogens is 993 g/mol. The lowest BCUT2D eigenvalue weighted by Crippen LogP contribution is -2.32. The van der Waals surface area contributed by atoms with Crippen molar-refractivity contribution in [1.29, 1.82) is 0 Å². The Balaban J connectivity index is 1.04. The Morgan fingerprint density at radius 1 is 0.256 bits per heavy atom. The topological polar surface area (TPSA) is 15.7 Å². The third-order valence-corrected chi connectivity index (χ3v) is 19.0. The van der Waals surface area contributed by atoms with Gasteiger partial charge in [-0.05, 0) is 173 Å². The van der Waals surface area contributed by atoms with Crippen LogP contribution in [0.15, 0.2) is 267 Å². The Bertz CT molecular complexity index is 4380. The molecule has 3 nitrogen and oxygen atoms in total. The van der Waals surface area contributed by atoms with Crippen LogP contribution in [0.3, 0.4) is 0 Å². The maximum absolute atomic E-state index is 7.15. The number of rotatable bonds is 6. The number of hydrogen-bond donors (Lipinski definition) is 0. The van der Waals surface area contributed by atoms with E-state index in [1.807, 2.05) is 0 Å². The lowest BCUT2D eigenvalue weighted by molar-refractivity contribution is 0.436. The fraction of sp³-hybridized carbons (Fsp3) is 0.0886. The van der Waals surface area contributed by atoms with Crippen LogP contribution in [-0.4, -0.2) is 0 Å². The molecule has 82 heavy (non-hydrogen) atoms. The maximum atomic E-state index is 7.15. The van der Waals surface area contributed by atoms with E-state index in [4.69, 9.17) is 4.74 Å². The van der Waals surface area contributed by atoms with E-state index in [9.17, 15) is 0 Å². The fourth-order valence-electron chi connectivity index (χ4n) is 15.7. The Labute approximate surface area is 479 Å². The molecule has 0 aromatic heterocycles. The molecule has 0 atom stereocenters. The molecule has 17 rings (SSSR count). The van der Waals surface area contributed by atoms with Crippen LogP contribution in [0.2, 0.25) is 0 Å². The number of anilines is 6. The molecule has 12 aromatic carbocycles. The quantitative estimate of drug-likeness (QED) is 0.165. The van der Waals surface area contributed by atoms with Gasteiger partial charge < -0.3 is 14.5 Å². The Kier molecular flexibility index (Phi) is 9.74. The lowest BCUT2D eigenvalue weighted by atomic mass is 9.65. The standard InChI is InChI=1S/C79H56N2O/c1-77(2)63-37-17-15-33-57(63)59-35-23-41-69(75(59)77)80(49-25-7-5-8-26-49)51-45-61-55-31-13-11-29-53(55)54-30-12-14-32-56(54)62-46-52(81(50-27-9-6-10-28-50)70-42-24-36-60-58-34-16-18-38-64(58)78(3,4)76(60)70)48-68-74(62)73(61)67(47-51)79(68)65-39-19-21-43-71(65)82-72-44-22-20-40-66(72)79/h5-48H,1-4H3. The molecule has 4 aliphatic carbocycles. The predicted octanol–water partition coefficient (Wildman–Crippen LogP) is 21.0. The highest BCUT2D eigenvalue weighted by molar-refractivity contribution is 6.11. The zero-order valence-electron chi connectivity index (χ0n) is 46.2. The van der Waals surface area contributed by atoms with E-state index in [-0.39, 0.29) is 10.8 Å². The van der Waals surface area contributed by atoms with Crippen molar-refractivity contribution < 1.29 is 4.74 Å². The van der Waals surface area contributed by atoms with Crippen molar-refractivity contribution in [3.63, 3.8) is 0 Å². The molecule has 0 N–H and O–H groups in total. The van der Waals surface area contributed by atoms with Crippen LogP contribution in [0.4, 0.5) is 34.1 Å². The lowest BCUT2D eigenvalue weighted by Gasteiger charge is -2.40. The zero-order chi connectivity index (χ0) is 54.6. The van der Waals surface area contributed by atoms with E-state index in [0.717, 1.165) is 45.4 Å². The molecule has 388 valence electrons. The van der Waals surface area contributed by atoms with Crippen molar-refractivity contribution in [1.82, 2.24) is 0 Å². The van der Waals surface area contributed by atoms with Crippen LogP contribution in [0.25, 0.3) is 66.8 Å². The van der Waals surface area contributed by atoms with E-state index in [1.165, 1.54) is 112 Å². The molecule has 0 saturated heterocycles. The van der Waals surface area contributed by atoms with E-state index in [1.54, 1.807) is 0 Å². The van der Waals surface area contributed by atoms with Crippen LogP contribution >= 0.6 is 0 Å². The molecule has 3 heteroatoms. The molecule has 0 saturated carbocycles. The normalized spacial score (nSPS) is 14.7. The summed E-state index contributed by atoms with van der Waals surface area (Å²) >= 11 is 0.